The third-order valence-corrected chi connectivity index (χ3v) is 7.84. The van der Waals surface area contributed by atoms with Crippen LogP contribution in [0.1, 0.15) is 13.8 Å². The molecule has 0 bridgehead atoms. The van der Waals surface area contributed by atoms with Gasteiger partial charge in [0.05, 0.1) is 0 Å². The molecule has 0 saturated carbocycles. The molecule has 1 heterocycles. The Morgan fingerprint density at radius 3 is 2.45 bits per heavy atom. The number of hydrogen-bond acceptors (Lipinski definition) is 10. The molecule has 1 aliphatic rings. The first kappa shape index (κ1) is 29.6. The average Bonchev–Trinajstić information content (AvgIpc) is 2.92. The fourth-order valence-electron chi connectivity index (χ4n) is 2.36. The predicted octanol–water partition coefficient (Wildman–Crippen LogP) is 0.602. The summed E-state index contributed by atoms with van der Waals surface area (Å²) in [6.07, 6.45) is -1.50. The van der Waals surface area contributed by atoms with Crippen molar-refractivity contribution in [3.63, 3.8) is 0 Å². The molecule has 17 nitrogen and oxygen atoms in total. The third-order valence-electron chi connectivity index (χ3n) is 4.04. The number of nitrogens with one attached hydrogen (secondary N) is 1. The first-order valence-corrected chi connectivity index (χ1v) is 13.4. The maximum absolute atomic E-state index is 11.8. The molecule has 6 atom stereocenters. The summed E-state index contributed by atoms with van der Waals surface area (Å²) >= 11 is 0. The molecule has 184 valence electrons. The second-order valence-electron chi connectivity index (χ2n) is 6.44. The van der Waals surface area contributed by atoms with Crippen LogP contribution in [0.3, 0.4) is 0 Å². The number of azide groups is 1. The molecule has 1 aliphatic heterocycles. The van der Waals surface area contributed by atoms with Gasteiger partial charge in [-0.25, -0.2) is 0 Å². The first-order valence-electron chi connectivity index (χ1n) is 8.87. The van der Waals surface area contributed by atoms with Crippen LogP contribution in [0.2, 0.25) is 0 Å². The van der Waals surface area contributed by atoms with Crippen molar-refractivity contribution in [3.8, 4) is 11.7 Å². The number of rotatable bonds is 11. The normalized spacial score (nSPS) is 26.2. The van der Waals surface area contributed by atoms with Crippen LogP contribution in [0.15, 0.2) is 10.0 Å². The van der Waals surface area contributed by atoms with E-state index in [1.54, 1.807) is 13.8 Å². The fraction of sp³-hybridized carbons (Fsp3) is 0.750. The monoisotopic (exact) mass is 531 g/mol. The van der Waals surface area contributed by atoms with Crippen LogP contribution in [-0.4, -0.2) is 64.6 Å². The van der Waals surface area contributed by atoms with E-state index >= 15 is 0 Å². The summed E-state index contributed by atoms with van der Waals surface area (Å²) in [5.74, 6) is 4.20. The van der Waals surface area contributed by atoms with Crippen molar-refractivity contribution >= 4 is 36.4 Å². The molecule has 0 aliphatic carbocycles. The molecular weight excluding hydrogens is 510 g/mol. The van der Waals surface area contributed by atoms with Gasteiger partial charge in [0.25, 0.3) is 0 Å². The van der Waals surface area contributed by atoms with E-state index < -0.39 is 48.3 Å². The number of phosphoric ester groups is 1. The van der Waals surface area contributed by atoms with Crippen LogP contribution < -0.4 is 5.32 Å². The Bertz CT molecular complexity index is 988. The van der Waals surface area contributed by atoms with Gasteiger partial charge >= 0.3 is 188 Å². The molecule has 0 aromatic rings. The van der Waals surface area contributed by atoms with Crippen LogP contribution in [0.5, 0.6) is 0 Å². The minimum atomic E-state index is -5.60. The van der Waals surface area contributed by atoms with Crippen molar-refractivity contribution in [2.45, 2.75) is 26.2 Å². The molecule has 0 spiro atoms. The van der Waals surface area contributed by atoms with Crippen molar-refractivity contribution in [1.29, 1.82) is 0 Å². The van der Waals surface area contributed by atoms with E-state index in [0.29, 0.717) is 0 Å². The molecule has 1 fully saturated rings. The van der Waals surface area contributed by atoms with Crippen LogP contribution in [0.25, 0.3) is 10.4 Å². The molecule has 1 amide bonds. The SMILES string of the molecule is CC1[C@@H](COP(=O)(O)OP(=O)(O)OP(=O)(O)O)O[C@@H](N=BC#CCNC(=O)CN=[N+]=[N-])[C@H]1C. The van der Waals surface area contributed by atoms with E-state index in [-0.39, 0.29) is 24.9 Å². The first-order chi connectivity index (χ1) is 15.2. The van der Waals surface area contributed by atoms with Gasteiger partial charge in [-0.05, 0) is 0 Å². The third kappa shape index (κ3) is 12.0. The van der Waals surface area contributed by atoms with Crippen molar-refractivity contribution in [1.82, 2.24) is 5.32 Å². The van der Waals surface area contributed by atoms with Crippen LogP contribution in [0.4, 0.5) is 0 Å². The summed E-state index contributed by atoms with van der Waals surface area (Å²) in [7, 11) is -15.1. The van der Waals surface area contributed by atoms with Gasteiger partial charge in [-0.1, -0.05) is 0 Å². The van der Waals surface area contributed by atoms with Gasteiger partial charge in [-0.15, -0.1) is 0 Å². The topological polar surface area (TPSA) is 259 Å². The summed E-state index contributed by atoms with van der Waals surface area (Å²) in [6, 6.07) is 0. The van der Waals surface area contributed by atoms with E-state index in [2.05, 4.69) is 45.1 Å². The van der Waals surface area contributed by atoms with Crippen molar-refractivity contribution in [2.24, 2.45) is 21.8 Å². The van der Waals surface area contributed by atoms with E-state index in [0.717, 1.165) is 0 Å². The number of nitrogens with zero attached hydrogens (tertiary/aromatic N) is 4. The fourth-order valence-corrected chi connectivity index (χ4v) is 5.39. The van der Waals surface area contributed by atoms with E-state index in [4.69, 9.17) is 24.9 Å². The minimum absolute atomic E-state index is 0.00796. The number of phosphoric acid groups is 3. The van der Waals surface area contributed by atoms with Gasteiger partial charge in [0.2, 0.25) is 0 Å². The van der Waals surface area contributed by atoms with Gasteiger partial charge in [0, 0.05) is 0 Å². The number of ether oxygens (including phenoxy) is 1. The standard InChI is InChI=1S/C12H21BN5O12P3/c1-8-9(2)12(17-13-4-3-5-15-11(19)6-16-18-14)28-10(8)7-27-32(23,24)30-33(25,26)29-31(20,21)22/h8-10,12H,5-7H2,1-2H3,(H,15,19)(H,23,24)(H,25,26)(H2,20,21,22)/t8?,9-,10+,12+/m0/s1. The Balaban J connectivity index is 2.57. The van der Waals surface area contributed by atoms with Crippen LogP contribution in [0, 0.1) is 23.6 Å². The number of carbonyl (C=O) groups is 1. The zero-order valence-corrected chi connectivity index (χ0v) is 19.9. The molecule has 33 heavy (non-hydrogen) atoms. The second-order valence-corrected chi connectivity index (χ2v) is 10.9. The Morgan fingerprint density at radius 1 is 1.18 bits per heavy atom. The summed E-state index contributed by atoms with van der Waals surface area (Å²) in [6.45, 7) is 2.58. The zero-order valence-electron chi connectivity index (χ0n) is 17.2. The van der Waals surface area contributed by atoms with Crippen LogP contribution in [-0.2, 0) is 36.4 Å². The van der Waals surface area contributed by atoms with E-state index in [9.17, 15) is 23.4 Å². The Hall–Kier alpha value is -1.43. The summed E-state index contributed by atoms with van der Waals surface area (Å²) in [4.78, 5) is 53.4. The molecule has 0 aromatic heterocycles. The Kier molecular flexibility index (Phi) is 11.6. The number of carbonyl (C=O) groups excluding carboxylic acids is 1. The molecule has 3 unspecified atom stereocenters. The van der Waals surface area contributed by atoms with E-state index in [1.165, 1.54) is 7.07 Å². The van der Waals surface area contributed by atoms with Gasteiger partial charge in [-0.3, -0.25) is 0 Å². The van der Waals surface area contributed by atoms with Gasteiger partial charge in [0.1, 0.15) is 0 Å². The Morgan fingerprint density at radius 2 is 1.85 bits per heavy atom. The van der Waals surface area contributed by atoms with E-state index in [1.807, 2.05) is 0 Å². The summed E-state index contributed by atoms with van der Waals surface area (Å²) in [5.41, 5.74) is 8.10. The summed E-state index contributed by atoms with van der Waals surface area (Å²) in [5, 5.41) is 5.47. The predicted molar refractivity (Wildman–Crippen MR) is 110 cm³/mol. The molecule has 5 N–H and O–H groups in total. The molecule has 1 saturated heterocycles. The molecular formula is C12H21BN5O12P3. The molecule has 0 radical (unpaired) electrons. The zero-order chi connectivity index (χ0) is 25.3. The molecule has 21 heteroatoms. The van der Waals surface area contributed by atoms with Gasteiger partial charge in [0.15, 0.2) is 0 Å². The quantitative estimate of drug-likeness (QED) is 0.0613. The van der Waals surface area contributed by atoms with Crippen LogP contribution >= 0.6 is 23.5 Å². The maximum atomic E-state index is 11.8. The Labute approximate surface area is 188 Å². The van der Waals surface area contributed by atoms with Gasteiger partial charge < -0.3 is 0 Å². The second kappa shape index (κ2) is 12.9. The summed E-state index contributed by atoms with van der Waals surface area (Å²) < 4.78 is 51.2. The molecule has 1 rings (SSSR count). The van der Waals surface area contributed by atoms with Gasteiger partial charge in [-0.2, -0.15) is 0 Å². The molecule has 0 aromatic carbocycles. The number of amides is 1. The number of hydrogen-bond donors (Lipinski definition) is 5. The van der Waals surface area contributed by atoms with Crippen molar-refractivity contribution in [2.75, 3.05) is 19.7 Å². The van der Waals surface area contributed by atoms with Crippen molar-refractivity contribution < 1.29 is 55.9 Å². The average molecular weight is 531 g/mol. The van der Waals surface area contributed by atoms with Crippen molar-refractivity contribution in [3.05, 3.63) is 10.4 Å².